The van der Waals surface area contributed by atoms with Gasteiger partial charge < -0.3 is 5.32 Å². The SMILES string of the molecule is Cc1cc(CNC2CC3CCC2C3)c2ccccc2n1. The molecule has 0 saturated heterocycles. The Hall–Kier alpha value is -1.41. The molecule has 3 atom stereocenters. The van der Waals surface area contributed by atoms with Crippen LogP contribution < -0.4 is 5.32 Å². The maximum atomic E-state index is 4.63. The molecular weight excluding hydrogens is 244 g/mol. The molecule has 2 aliphatic rings. The first-order valence-electron chi connectivity index (χ1n) is 7.88. The zero-order valence-corrected chi connectivity index (χ0v) is 12.1. The fourth-order valence-corrected chi connectivity index (χ4v) is 4.28. The summed E-state index contributed by atoms with van der Waals surface area (Å²) in [6.07, 6.45) is 5.78. The summed E-state index contributed by atoms with van der Waals surface area (Å²) in [6, 6.07) is 11.5. The lowest BCUT2D eigenvalue weighted by Gasteiger charge is -2.23. The van der Waals surface area contributed by atoms with Crippen LogP contribution in [-0.4, -0.2) is 11.0 Å². The number of fused-ring (bicyclic) bond motifs is 3. The zero-order chi connectivity index (χ0) is 13.5. The van der Waals surface area contributed by atoms with Crippen molar-refractivity contribution in [1.82, 2.24) is 10.3 Å². The lowest BCUT2D eigenvalue weighted by atomic mass is 9.95. The largest absolute Gasteiger partial charge is 0.310 e. The molecule has 2 nitrogen and oxygen atoms in total. The molecule has 0 aliphatic heterocycles. The molecule has 4 rings (SSSR count). The van der Waals surface area contributed by atoms with Gasteiger partial charge in [-0.2, -0.15) is 0 Å². The van der Waals surface area contributed by atoms with Crippen molar-refractivity contribution < 1.29 is 0 Å². The molecule has 104 valence electrons. The number of para-hydroxylation sites is 1. The minimum atomic E-state index is 0.751. The molecule has 2 bridgehead atoms. The van der Waals surface area contributed by atoms with E-state index in [1.54, 1.807) is 0 Å². The molecule has 2 aliphatic carbocycles. The highest BCUT2D eigenvalue weighted by molar-refractivity contribution is 5.82. The van der Waals surface area contributed by atoms with Crippen LogP contribution in [0.3, 0.4) is 0 Å². The van der Waals surface area contributed by atoms with Gasteiger partial charge in [0.2, 0.25) is 0 Å². The Balaban J connectivity index is 1.56. The van der Waals surface area contributed by atoms with Gasteiger partial charge in [-0.15, -0.1) is 0 Å². The lowest BCUT2D eigenvalue weighted by molar-refractivity contribution is 0.351. The van der Waals surface area contributed by atoms with Crippen LogP contribution in [0, 0.1) is 18.8 Å². The Bertz CT molecular complexity index is 634. The van der Waals surface area contributed by atoms with Crippen molar-refractivity contribution in [3.8, 4) is 0 Å². The van der Waals surface area contributed by atoms with Gasteiger partial charge in [0.25, 0.3) is 0 Å². The van der Waals surface area contributed by atoms with E-state index in [-0.39, 0.29) is 0 Å². The molecule has 2 aromatic rings. The molecule has 0 radical (unpaired) electrons. The number of hydrogen-bond donors (Lipinski definition) is 1. The first-order valence-corrected chi connectivity index (χ1v) is 7.88. The second kappa shape index (κ2) is 4.85. The maximum Gasteiger partial charge on any atom is 0.0708 e. The summed E-state index contributed by atoms with van der Waals surface area (Å²) in [7, 11) is 0. The maximum absolute atomic E-state index is 4.63. The second-order valence-electron chi connectivity index (χ2n) is 6.60. The lowest BCUT2D eigenvalue weighted by Crippen LogP contribution is -2.33. The molecule has 1 aromatic heterocycles. The number of aryl methyl sites for hydroxylation is 1. The van der Waals surface area contributed by atoms with Gasteiger partial charge in [-0.3, -0.25) is 4.98 Å². The highest BCUT2D eigenvalue weighted by atomic mass is 14.9. The monoisotopic (exact) mass is 266 g/mol. The first-order chi connectivity index (χ1) is 9.79. The fourth-order valence-electron chi connectivity index (χ4n) is 4.28. The molecule has 2 heteroatoms. The van der Waals surface area contributed by atoms with E-state index in [0.717, 1.165) is 35.6 Å². The van der Waals surface area contributed by atoms with E-state index < -0.39 is 0 Å². The minimum absolute atomic E-state index is 0.751. The van der Waals surface area contributed by atoms with Gasteiger partial charge in [-0.1, -0.05) is 24.6 Å². The summed E-state index contributed by atoms with van der Waals surface area (Å²) in [5.74, 6) is 1.95. The summed E-state index contributed by atoms with van der Waals surface area (Å²) >= 11 is 0. The minimum Gasteiger partial charge on any atom is -0.310 e. The summed E-state index contributed by atoms with van der Waals surface area (Å²) in [6.45, 7) is 3.07. The predicted octanol–water partition coefficient (Wildman–Crippen LogP) is 3.82. The zero-order valence-electron chi connectivity index (χ0n) is 12.1. The third-order valence-corrected chi connectivity index (χ3v) is 5.22. The fraction of sp³-hybridized carbons (Fsp3) is 0.500. The predicted molar refractivity (Wildman–Crippen MR) is 82.6 cm³/mol. The topological polar surface area (TPSA) is 24.9 Å². The van der Waals surface area contributed by atoms with Crippen LogP contribution in [0.2, 0.25) is 0 Å². The first kappa shape index (κ1) is 12.3. The van der Waals surface area contributed by atoms with E-state index in [1.165, 1.54) is 36.6 Å². The molecule has 2 saturated carbocycles. The van der Waals surface area contributed by atoms with Crippen molar-refractivity contribution in [1.29, 1.82) is 0 Å². The number of nitrogens with zero attached hydrogens (tertiary/aromatic N) is 1. The van der Waals surface area contributed by atoms with E-state index in [0.29, 0.717) is 0 Å². The van der Waals surface area contributed by atoms with Gasteiger partial charge in [0.05, 0.1) is 5.52 Å². The second-order valence-corrected chi connectivity index (χ2v) is 6.60. The van der Waals surface area contributed by atoms with Crippen molar-refractivity contribution in [3.05, 3.63) is 41.6 Å². The summed E-state index contributed by atoms with van der Waals surface area (Å²) in [5.41, 5.74) is 3.64. The van der Waals surface area contributed by atoms with Crippen molar-refractivity contribution in [2.45, 2.75) is 45.2 Å². The van der Waals surface area contributed by atoms with Crippen LogP contribution in [-0.2, 0) is 6.54 Å². The van der Waals surface area contributed by atoms with Gasteiger partial charge in [0.1, 0.15) is 0 Å². The van der Waals surface area contributed by atoms with Gasteiger partial charge in [0.15, 0.2) is 0 Å². The highest BCUT2D eigenvalue weighted by Gasteiger charge is 2.38. The van der Waals surface area contributed by atoms with E-state index in [4.69, 9.17) is 0 Å². The van der Waals surface area contributed by atoms with Gasteiger partial charge >= 0.3 is 0 Å². The van der Waals surface area contributed by atoms with Crippen molar-refractivity contribution in [2.75, 3.05) is 0 Å². The quantitative estimate of drug-likeness (QED) is 0.913. The van der Waals surface area contributed by atoms with Crippen molar-refractivity contribution >= 4 is 10.9 Å². The smallest absolute Gasteiger partial charge is 0.0708 e. The Morgan fingerprint density at radius 2 is 2.10 bits per heavy atom. The van der Waals surface area contributed by atoms with E-state index in [2.05, 4.69) is 47.6 Å². The molecule has 20 heavy (non-hydrogen) atoms. The molecule has 1 aromatic carbocycles. The molecule has 0 amide bonds. The Morgan fingerprint density at radius 3 is 2.90 bits per heavy atom. The number of aromatic nitrogens is 1. The normalized spacial score (nSPS) is 28.4. The Morgan fingerprint density at radius 1 is 1.20 bits per heavy atom. The molecule has 1 heterocycles. The van der Waals surface area contributed by atoms with Crippen molar-refractivity contribution in [3.63, 3.8) is 0 Å². The van der Waals surface area contributed by atoms with E-state index >= 15 is 0 Å². The molecule has 3 unspecified atom stereocenters. The number of nitrogens with one attached hydrogen (secondary N) is 1. The van der Waals surface area contributed by atoms with Crippen LogP contribution in [0.5, 0.6) is 0 Å². The molecule has 2 fully saturated rings. The van der Waals surface area contributed by atoms with Crippen LogP contribution in [0.1, 0.15) is 36.9 Å². The average Bonchev–Trinajstić information content (AvgIpc) is 3.07. The summed E-state index contributed by atoms with van der Waals surface area (Å²) < 4.78 is 0. The Labute approximate surface area is 120 Å². The van der Waals surface area contributed by atoms with Crippen LogP contribution in [0.25, 0.3) is 10.9 Å². The standard InChI is InChI=1S/C18H22N2/c1-12-8-15(16-4-2-3-5-17(16)20-12)11-19-18-10-13-6-7-14(18)9-13/h2-5,8,13-14,18-19H,6-7,9-11H2,1H3. The number of pyridine rings is 1. The van der Waals surface area contributed by atoms with E-state index in [1.807, 2.05) is 0 Å². The Kier molecular flexibility index (Phi) is 2.99. The van der Waals surface area contributed by atoms with Gasteiger partial charge in [-0.25, -0.2) is 0 Å². The van der Waals surface area contributed by atoms with Crippen molar-refractivity contribution in [2.24, 2.45) is 11.8 Å². The van der Waals surface area contributed by atoms with Gasteiger partial charge in [-0.05, 0) is 55.7 Å². The summed E-state index contributed by atoms with van der Waals surface area (Å²) in [5, 5.41) is 5.12. The third kappa shape index (κ3) is 2.12. The third-order valence-electron chi connectivity index (χ3n) is 5.22. The van der Waals surface area contributed by atoms with Crippen LogP contribution in [0.4, 0.5) is 0 Å². The number of benzene rings is 1. The number of rotatable bonds is 3. The molecular formula is C18H22N2. The van der Waals surface area contributed by atoms with E-state index in [9.17, 15) is 0 Å². The van der Waals surface area contributed by atoms with Crippen LogP contribution in [0.15, 0.2) is 30.3 Å². The molecule has 0 spiro atoms. The van der Waals surface area contributed by atoms with Gasteiger partial charge in [0, 0.05) is 23.7 Å². The average molecular weight is 266 g/mol. The number of hydrogen-bond acceptors (Lipinski definition) is 2. The summed E-state index contributed by atoms with van der Waals surface area (Å²) in [4.78, 5) is 4.63. The molecule has 1 N–H and O–H groups in total. The van der Waals surface area contributed by atoms with Crippen LogP contribution >= 0.6 is 0 Å². The highest BCUT2D eigenvalue weighted by Crippen LogP contribution is 2.44.